The molecule has 2 atom stereocenters. The van der Waals surface area contributed by atoms with E-state index in [9.17, 15) is 4.79 Å². The molecule has 1 aromatic heterocycles. The number of anilines is 1. The van der Waals surface area contributed by atoms with Crippen LogP contribution in [-0.2, 0) is 17.8 Å². The zero-order valence-corrected chi connectivity index (χ0v) is 14.4. The van der Waals surface area contributed by atoms with Crippen LogP contribution in [0.2, 0.25) is 0 Å². The zero-order chi connectivity index (χ0) is 17.3. The predicted octanol–water partition coefficient (Wildman–Crippen LogP) is 2.64. The van der Waals surface area contributed by atoms with Crippen LogP contribution < -0.4 is 10.6 Å². The number of hydrogen-bond acceptors (Lipinski definition) is 5. The molecule has 0 saturated heterocycles. The molecule has 6 nitrogen and oxygen atoms in total. The molecule has 0 fully saturated rings. The van der Waals surface area contributed by atoms with E-state index in [1.54, 1.807) is 0 Å². The van der Waals surface area contributed by atoms with Crippen molar-refractivity contribution in [3.8, 4) is 0 Å². The van der Waals surface area contributed by atoms with E-state index in [1.807, 2.05) is 24.3 Å². The summed E-state index contributed by atoms with van der Waals surface area (Å²) in [5, 5.41) is 4.06. The molecule has 3 rings (SSSR count). The van der Waals surface area contributed by atoms with E-state index >= 15 is 0 Å². The Bertz CT molecular complexity index is 725. The molecule has 0 aliphatic carbocycles. The molecular formula is C18H24N4O2. The highest BCUT2D eigenvalue weighted by Gasteiger charge is 2.33. The lowest BCUT2D eigenvalue weighted by Gasteiger charge is -2.39. The number of nitrogens with two attached hydrogens (primary N) is 1. The second-order valence-electron chi connectivity index (χ2n) is 6.93. The van der Waals surface area contributed by atoms with Crippen molar-refractivity contribution >= 4 is 11.6 Å². The van der Waals surface area contributed by atoms with E-state index in [-0.39, 0.29) is 17.9 Å². The van der Waals surface area contributed by atoms with Crippen LogP contribution >= 0.6 is 0 Å². The number of primary amides is 1. The third-order valence-electron chi connectivity index (χ3n) is 4.48. The van der Waals surface area contributed by atoms with Gasteiger partial charge < -0.3 is 15.2 Å². The molecule has 0 spiro atoms. The van der Waals surface area contributed by atoms with Gasteiger partial charge in [0.15, 0.2) is 5.82 Å². The van der Waals surface area contributed by atoms with Gasteiger partial charge in [-0.1, -0.05) is 37.2 Å². The average molecular weight is 328 g/mol. The van der Waals surface area contributed by atoms with E-state index in [1.165, 1.54) is 0 Å². The molecule has 0 radical (unpaired) electrons. The van der Waals surface area contributed by atoms with Gasteiger partial charge in [0.2, 0.25) is 11.8 Å². The van der Waals surface area contributed by atoms with Gasteiger partial charge in [-0.25, -0.2) is 0 Å². The Morgan fingerprint density at radius 2 is 2.17 bits per heavy atom. The van der Waals surface area contributed by atoms with E-state index in [4.69, 9.17) is 10.3 Å². The second-order valence-corrected chi connectivity index (χ2v) is 6.93. The van der Waals surface area contributed by atoms with Crippen molar-refractivity contribution in [1.82, 2.24) is 10.1 Å². The molecule has 2 unspecified atom stereocenters. The van der Waals surface area contributed by atoms with Gasteiger partial charge in [0.05, 0.1) is 12.5 Å². The molecule has 0 saturated carbocycles. The van der Waals surface area contributed by atoms with Crippen LogP contribution in [0.15, 0.2) is 28.8 Å². The lowest BCUT2D eigenvalue weighted by atomic mass is 9.85. The Labute approximate surface area is 142 Å². The summed E-state index contributed by atoms with van der Waals surface area (Å²) < 4.78 is 5.41. The summed E-state index contributed by atoms with van der Waals surface area (Å²) in [7, 11) is 0. The molecule has 1 aromatic carbocycles. The van der Waals surface area contributed by atoms with E-state index in [2.05, 4.69) is 35.8 Å². The summed E-state index contributed by atoms with van der Waals surface area (Å²) in [5.41, 5.74) is 7.59. The maximum Gasteiger partial charge on any atom is 0.246 e. The molecular weight excluding hydrogens is 304 g/mol. The van der Waals surface area contributed by atoms with Crippen molar-refractivity contribution < 1.29 is 9.32 Å². The second kappa shape index (κ2) is 6.63. The Kier molecular flexibility index (Phi) is 4.55. The molecule has 128 valence electrons. The molecule has 24 heavy (non-hydrogen) atoms. The standard InChI is InChI=1S/C18H24N4O2/c1-11(2)8-16-20-17(24-21-16)10-22-12(3)9-14(18(19)23)13-6-4-5-7-15(13)22/h4-7,11-12,14H,8-10H2,1-3H3,(H2,19,23). The van der Waals surface area contributed by atoms with Crippen LogP contribution in [0.25, 0.3) is 0 Å². The van der Waals surface area contributed by atoms with Crippen LogP contribution in [0, 0.1) is 5.92 Å². The first-order valence-electron chi connectivity index (χ1n) is 8.42. The van der Waals surface area contributed by atoms with Crippen molar-refractivity contribution in [2.24, 2.45) is 11.7 Å². The summed E-state index contributed by atoms with van der Waals surface area (Å²) in [6, 6.07) is 8.07. The minimum absolute atomic E-state index is 0.165. The fourth-order valence-electron chi connectivity index (χ4n) is 3.34. The summed E-state index contributed by atoms with van der Waals surface area (Å²) in [4.78, 5) is 18.5. The third kappa shape index (κ3) is 3.27. The highest BCUT2D eigenvalue weighted by molar-refractivity contribution is 5.85. The highest BCUT2D eigenvalue weighted by Crippen LogP contribution is 2.38. The molecule has 2 heterocycles. The van der Waals surface area contributed by atoms with Crippen molar-refractivity contribution in [2.45, 2.75) is 52.1 Å². The highest BCUT2D eigenvalue weighted by atomic mass is 16.5. The summed E-state index contributed by atoms with van der Waals surface area (Å²) in [5.74, 6) is 1.32. The first kappa shape index (κ1) is 16.5. The number of carbonyl (C=O) groups excluding carboxylic acids is 1. The van der Waals surface area contributed by atoms with Gasteiger partial charge in [0.1, 0.15) is 0 Å². The maximum absolute atomic E-state index is 11.8. The zero-order valence-electron chi connectivity index (χ0n) is 14.4. The summed E-state index contributed by atoms with van der Waals surface area (Å²) in [6.45, 7) is 6.89. The minimum Gasteiger partial charge on any atom is -0.369 e. The molecule has 1 amide bonds. The van der Waals surface area contributed by atoms with E-state index in [0.29, 0.717) is 24.8 Å². The van der Waals surface area contributed by atoms with Gasteiger partial charge in [-0.15, -0.1) is 0 Å². The Morgan fingerprint density at radius 1 is 1.42 bits per heavy atom. The number of amides is 1. The van der Waals surface area contributed by atoms with Gasteiger partial charge in [0.25, 0.3) is 0 Å². The Balaban J connectivity index is 1.86. The molecule has 2 aromatic rings. The lowest BCUT2D eigenvalue weighted by molar-refractivity contribution is -0.119. The fraction of sp³-hybridized carbons (Fsp3) is 0.500. The van der Waals surface area contributed by atoms with Crippen LogP contribution in [0.1, 0.15) is 50.4 Å². The quantitative estimate of drug-likeness (QED) is 0.912. The fourth-order valence-corrected chi connectivity index (χ4v) is 3.34. The predicted molar refractivity (Wildman–Crippen MR) is 91.5 cm³/mol. The first-order chi connectivity index (χ1) is 11.5. The van der Waals surface area contributed by atoms with Crippen molar-refractivity contribution in [2.75, 3.05) is 4.90 Å². The number of fused-ring (bicyclic) bond motifs is 1. The van der Waals surface area contributed by atoms with Crippen molar-refractivity contribution in [3.05, 3.63) is 41.5 Å². The topological polar surface area (TPSA) is 85.3 Å². The van der Waals surface area contributed by atoms with Crippen molar-refractivity contribution in [3.63, 3.8) is 0 Å². The number of carbonyl (C=O) groups is 1. The normalized spacial score (nSPS) is 20.2. The van der Waals surface area contributed by atoms with Crippen molar-refractivity contribution in [1.29, 1.82) is 0 Å². The monoisotopic (exact) mass is 328 g/mol. The molecule has 6 heteroatoms. The lowest BCUT2D eigenvalue weighted by Crippen LogP contribution is -2.41. The minimum atomic E-state index is -0.272. The number of nitrogens with zero attached hydrogens (tertiary/aromatic N) is 3. The van der Waals surface area contributed by atoms with Crippen LogP contribution in [0.4, 0.5) is 5.69 Å². The number of benzene rings is 1. The number of para-hydroxylation sites is 1. The SMILES string of the molecule is CC(C)Cc1noc(CN2c3ccccc3C(C(N)=O)CC2C)n1. The van der Waals surface area contributed by atoms with E-state index < -0.39 is 0 Å². The van der Waals surface area contributed by atoms with Gasteiger partial charge in [0, 0.05) is 18.2 Å². The maximum atomic E-state index is 11.8. The van der Waals surface area contributed by atoms with E-state index in [0.717, 1.165) is 23.5 Å². The number of hydrogen-bond donors (Lipinski definition) is 1. The van der Waals surface area contributed by atoms with Gasteiger partial charge in [-0.05, 0) is 30.9 Å². The largest absolute Gasteiger partial charge is 0.369 e. The van der Waals surface area contributed by atoms with Gasteiger partial charge in [-0.3, -0.25) is 4.79 Å². The smallest absolute Gasteiger partial charge is 0.246 e. The Hall–Kier alpha value is -2.37. The average Bonchev–Trinajstić information content (AvgIpc) is 2.96. The van der Waals surface area contributed by atoms with Gasteiger partial charge in [-0.2, -0.15) is 4.98 Å². The summed E-state index contributed by atoms with van der Waals surface area (Å²) >= 11 is 0. The molecule has 2 N–H and O–H groups in total. The first-order valence-corrected chi connectivity index (χ1v) is 8.42. The number of rotatable bonds is 5. The van der Waals surface area contributed by atoms with Crippen LogP contribution in [0.3, 0.4) is 0 Å². The van der Waals surface area contributed by atoms with Crippen LogP contribution in [-0.4, -0.2) is 22.1 Å². The van der Waals surface area contributed by atoms with Crippen LogP contribution in [0.5, 0.6) is 0 Å². The molecule has 1 aliphatic rings. The van der Waals surface area contributed by atoms with Gasteiger partial charge >= 0.3 is 0 Å². The molecule has 0 bridgehead atoms. The number of aromatic nitrogens is 2. The molecule has 1 aliphatic heterocycles. The Morgan fingerprint density at radius 3 is 2.88 bits per heavy atom. The third-order valence-corrected chi connectivity index (χ3v) is 4.48. The summed E-state index contributed by atoms with van der Waals surface area (Å²) in [6.07, 6.45) is 1.50.